The summed E-state index contributed by atoms with van der Waals surface area (Å²) >= 11 is 0. The first-order valence-corrected chi connectivity index (χ1v) is 8.36. The van der Waals surface area contributed by atoms with E-state index in [1.165, 1.54) is 32.1 Å². The molecule has 0 N–H and O–H groups in total. The number of carbonyl (C=O) groups excluding carboxylic acids is 1. The van der Waals surface area contributed by atoms with Gasteiger partial charge < -0.3 is 4.74 Å². The summed E-state index contributed by atoms with van der Waals surface area (Å²) in [4.78, 5) is 17.2. The van der Waals surface area contributed by atoms with Gasteiger partial charge in [0.15, 0.2) is 5.78 Å². The molecule has 0 unspecified atom stereocenters. The van der Waals surface area contributed by atoms with E-state index in [0.717, 1.165) is 17.4 Å². The Morgan fingerprint density at radius 3 is 2.43 bits per heavy atom. The highest BCUT2D eigenvalue weighted by Gasteiger charge is 2.50. The lowest BCUT2D eigenvalue weighted by Crippen LogP contribution is -2.48. The summed E-state index contributed by atoms with van der Waals surface area (Å²) in [5.41, 5.74) is 0.749. The maximum Gasteiger partial charge on any atom is 0.168 e. The SMILES string of the molecule is CCOc1cncc(C(=O)C2C3CC4CC(C3)CC2C4)c1. The van der Waals surface area contributed by atoms with Crippen LogP contribution in [0.2, 0.25) is 0 Å². The third-order valence-electron chi connectivity index (χ3n) is 5.84. The lowest BCUT2D eigenvalue weighted by Gasteiger charge is -2.53. The Labute approximate surface area is 126 Å². The molecule has 0 aromatic carbocycles. The van der Waals surface area contributed by atoms with Crippen LogP contribution in [0.1, 0.15) is 49.4 Å². The number of hydrogen-bond acceptors (Lipinski definition) is 3. The monoisotopic (exact) mass is 285 g/mol. The van der Waals surface area contributed by atoms with E-state index in [1.807, 2.05) is 13.0 Å². The van der Waals surface area contributed by atoms with Crippen molar-refractivity contribution in [2.24, 2.45) is 29.6 Å². The highest BCUT2D eigenvalue weighted by atomic mass is 16.5. The summed E-state index contributed by atoms with van der Waals surface area (Å²) < 4.78 is 5.49. The number of carbonyl (C=O) groups is 1. The first-order valence-electron chi connectivity index (χ1n) is 8.36. The fourth-order valence-corrected chi connectivity index (χ4v) is 5.34. The Hall–Kier alpha value is -1.38. The van der Waals surface area contributed by atoms with Gasteiger partial charge in [-0.05, 0) is 68.8 Å². The Morgan fingerprint density at radius 1 is 1.14 bits per heavy atom. The molecule has 1 heterocycles. The van der Waals surface area contributed by atoms with Gasteiger partial charge in [0, 0.05) is 17.7 Å². The number of ether oxygens (including phenoxy) is 1. The van der Waals surface area contributed by atoms with Gasteiger partial charge >= 0.3 is 0 Å². The second-order valence-corrected chi connectivity index (χ2v) is 7.16. The number of ketones is 1. The van der Waals surface area contributed by atoms with Gasteiger partial charge in [-0.25, -0.2) is 0 Å². The Balaban J connectivity index is 1.58. The molecule has 1 aromatic rings. The van der Waals surface area contributed by atoms with Gasteiger partial charge in [0.05, 0.1) is 12.8 Å². The van der Waals surface area contributed by atoms with Crippen LogP contribution in [0.3, 0.4) is 0 Å². The van der Waals surface area contributed by atoms with Gasteiger partial charge in [-0.3, -0.25) is 9.78 Å². The molecule has 0 saturated heterocycles. The number of pyridine rings is 1. The van der Waals surface area contributed by atoms with E-state index in [4.69, 9.17) is 4.74 Å². The lowest BCUT2D eigenvalue weighted by atomic mass is 9.51. The zero-order chi connectivity index (χ0) is 14.4. The Bertz CT molecular complexity index is 526. The largest absolute Gasteiger partial charge is 0.492 e. The fourth-order valence-electron chi connectivity index (χ4n) is 5.34. The predicted octanol–water partition coefficient (Wildman–Crippen LogP) is 3.74. The Kier molecular flexibility index (Phi) is 3.24. The zero-order valence-electron chi connectivity index (χ0n) is 12.6. The number of aromatic nitrogens is 1. The number of Topliss-reactive ketones (excluding diaryl/α,β-unsaturated/α-hetero) is 1. The molecule has 0 atom stereocenters. The lowest BCUT2D eigenvalue weighted by molar-refractivity contribution is -0.0251. The fraction of sp³-hybridized carbons (Fsp3) is 0.667. The number of nitrogens with zero attached hydrogens (tertiary/aromatic N) is 1. The topological polar surface area (TPSA) is 39.2 Å². The van der Waals surface area contributed by atoms with Crippen LogP contribution in [0.25, 0.3) is 0 Å². The van der Waals surface area contributed by atoms with Crippen molar-refractivity contribution in [3.63, 3.8) is 0 Å². The maximum absolute atomic E-state index is 13.0. The summed E-state index contributed by atoms with van der Waals surface area (Å²) in [6, 6.07) is 1.88. The summed E-state index contributed by atoms with van der Waals surface area (Å²) in [5.74, 6) is 4.35. The maximum atomic E-state index is 13.0. The zero-order valence-corrected chi connectivity index (χ0v) is 12.6. The van der Waals surface area contributed by atoms with Gasteiger partial charge in [0.25, 0.3) is 0 Å². The minimum atomic E-state index is 0.247. The third kappa shape index (κ3) is 2.27. The van der Waals surface area contributed by atoms with Crippen molar-refractivity contribution in [2.75, 3.05) is 6.61 Å². The van der Waals surface area contributed by atoms with Crippen LogP contribution in [-0.2, 0) is 0 Å². The van der Waals surface area contributed by atoms with E-state index >= 15 is 0 Å². The first-order chi connectivity index (χ1) is 10.2. The molecule has 4 saturated carbocycles. The van der Waals surface area contributed by atoms with Crippen molar-refractivity contribution in [1.29, 1.82) is 0 Å². The molecule has 0 amide bonds. The van der Waals surface area contributed by atoms with E-state index in [1.54, 1.807) is 12.4 Å². The van der Waals surface area contributed by atoms with Gasteiger partial charge in [0.2, 0.25) is 0 Å². The molecule has 5 rings (SSSR count). The normalized spacial score (nSPS) is 36.7. The van der Waals surface area contributed by atoms with Crippen LogP contribution in [0.15, 0.2) is 18.5 Å². The van der Waals surface area contributed by atoms with Gasteiger partial charge in [-0.15, -0.1) is 0 Å². The second kappa shape index (κ2) is 5.11. The van der Waals surface area contributed by atoms with Crippen LogP contribution in [0.5, 0.6) is 5.75 Å². The smallest absolute Gasteiger partial charge is 0.168 e. The molecule has 0 spiro atoms. The second-order valence-electron chi connectivity index (χ2n) is 7.16. The minimum absolute atomic E-state index is 0.247. The molecule has 4 aliphatic rings. The van der Waals surface area contributed by atoms with E-state index in [9.17, 15) is 4.79 Å². The van der Waals surface area contributed by atoms with Crippen LogP contribution in [-0.4, -0.2) is 17.4 Å². The van der Waals surface area contributed by atoms with Crippen molar-refractivity contribution in [1.82, 2.24) is 4.98 Å². The van der Waals surface area contributed by atoms with Crippen molar-refractivity contribution in [2.45, 2.75) is 39.0 Å². The summed E-state index contributed by atoms with van der Waals surface area (Å²) in [6.45, 7) is 2.56. The molecule has 21 heavy (non-hydrogen) atoms. The minimum Gasteiger partial charge on any atom is -0.492 e. The number of rotatable bonds is 4. The molecule has 0 radical (unpaired) electrons. The molecule has 1 aromatic heterocycles. The highest BCUT2D eigenvalue weighted by molar-refractivity contribution is 5.98. The molecule has 112 valence electrons. The third-order valence-corrected chi connectivity index (χ3v) is 5.84. The summed E-state index contributed by atoms with van der Waals surface area (Å²) in [5, 5.41) is 0. The van der Waals surface area contributed by atoms with Crippen molar-refractivity contribution < 1.29 is 9.53 Å². The van der Waals surface area contributed by atoms with Gasteiger partial charge in [-0.1, -0.05) is 0 Å². The molecule has 0 aliphatic heterocycles. The molecule has 4 fully saturated rings. The first kappa shape index (κ1) is 13.3. The van der Waals surface area contributed by atoms with E-state index < -0.39 is 0 Å². The van der Waals surface area contributed by atoms with Crippen LogP contribution >= 0.6 is 0 Å². The van der Waals surface area contributed by atoms with Gasteiger partial charge in [-0.2, -0.15) is 0 Å². The molecule has 3 nitrogen and oxygen atoms in total. The summed E-state index contributed by atoms with van der Waals surface area (Å²) in [7, 11) is 0. The van der Waals surface area contributed by atoms with Crippen LogP contribution < -0.4 is 4.74 Å². The van der Waals surface area contributed by atoms with Crippen molar-refractivity contribution in [3.8, 4) is 5.75 Å². The summed E-state index contributed by atoms with van der Waals surface area (Å²) in [6.07, 6.45) is 9.95. The van der Waals surface area contributed by atoms with Gasteiger partial charge in [0.1, 0.15) is 5.75 Å². The van der Waals surface area contributed by atoms with E-state index in [0.29, 0.717) is 30.0 Å². The predicted molar refractivity (Wildman–Crippen MR) is 80.3 cm³/mol. The highest BCUT2D eigenvalue weighted by Crippen LogP contribution is 2.57. The Morgan fingerprint density at radius 2 is 1.81 bits per heavy atom. The molecular weight excluding hydrogens is 262 g/mol. The average Bonchev–Trinajstić information content (AvgIpc) is 2.46. The van der Waals surface area contributed by atoms with E-state index in [2.05, 4.69) is 4.98 Å². The molecule has 4 bridgehead atoms. The van der Waals surface area contributed by atoms with Crippen molar-refractivity contribution >= 4 is 5.78 Å². The quantitative estimate of drug-likeness (QED) is 0.791. The van der Waals surface area contributed by atoms with E-state index in [-0.39, 0.29) is 5.92 Å². The standard InChI is InChI=1S/C18H23NO2/c1-2-21-16-8-15(9-19-10-16)18(20)17-13-4-11-3-12(6-13)7-14(17)5-11/h8-14,17H,2-7H2,1H3. The molecular formula is C18H23NO2. The molecule has 4 aliphatic carbocycles. The van der Waals surface area contributed by atoms with Crippen LogP contribution in [0, 0.1) is 29.6 Å². The van der Waals surface area contributed by atoms with Crippen molar-refractivity contribution in [3.05, 3.63) is 24.0 Å². The number of hydrogen-bond donors (Lipinski definition) is 0. The molecule has 3 heteroatoms. The van der Waals surface area contributed by atoms with Crippen LogP contribution in [0.4, 0.5) is 0 Å². The average molecular weight is 285 g/mol.